The number of hydrogen-bond donors (Lipinski definition) is 2. The van der Waals surface area contributed by atoms with Gasteiger partial charge in [0.1, 0.15) is 0 Å². The fourth-order valence-electron chi connectivity index (χ4n) is 3.61. The molecule has 2 aliphatic rings. The number of furan rings is 1. The molecule has 10 nitrogen and oxygen atoms in total. The number of nitrogens with zero attached hydrogens (tertiary/aromatic N) is 3. The van der Waals surface area contributed by atoms with E-state index >= 15 is 0 Å². The van der Waals surface area contributed by atoms with Crippen LogP contribution in [0.4, 0.5) is 26.3 Å². The molecule has 0 aliphatic carbocycles. The molecule has 0 bridgehead atoms. The maximum atomic E-state index is 12.6. The molecule has 0 spiro atoms. The van der Waals surface area contributed by atoms with Crippen molar-refractivity contribution in [3.05, 3.63) is 54.2 Å². The van der Waals surface area contributed by atoms with Crippen LogP contribution in [0.25, 0.3) is 0 Å². The number of rotatable bonds is 3. The first-order chi connectivity index (χ1) is 17.7. The molecule has 1 amide bonds. The molecule has 210 valence electrons. The molecule has 2 aromatic rings. The molecule has 0 unspecified atom stereocenters. The largest absolute Gasteiger partial charge is 0.490 e. The number of fused-ring (bicyclic) bond motifs is 1. The van der Waals surface area contributed by atoms with Gasteiger partial charge in [-0.15, -0.1) is 0 Å². The number of morpholine rings is 1. The highest BCUT2D eigenvalue weighted by Gasteiger charge is 2.40. The van der Waals surface area contributed by atoms with Gasteiger partial charge in [0.05, 0.1) is 25.0 Å². The van der Waals surface area contributed by atoms with Crippen LogP contribution >= 0.6 is 0 Å². The zero-order valence-corrected chi connectivity index (χ0v) is 19.5. The number of carboxylic acids is 2. The molecule has 2 saturated heterocycles. The van der Waals surface area contributed by atoms with Crippen LogP contribution in [0, 0.1) is 0 Å². The zero-order valence-electron chi connectivity index (χ0n) is 19.5. The van der Waals surface area contributed by atoms with Crippen LogP contribution in [0.5, 0.6) is 0 Å². The molecule has 0 radical (unpaired) electrons. The van der Waals surface area contributed by atoms with Gasteiger partial charge < -0.3 is 24.3 Å². The van der Waals surface area contributed by atoms with Crippen LogP contribution in [0.15, 0.2) is 47.3 Å². The van der Waals surface area contributed by atoms with E-state index in [0.717, 1.165) is 26.1 Å². The average molecular weight is 555 g/mol. The number of halogens is 6. The number of amides is 1. The van der Waals surface area contributed by atoms with Crippen LogP contribution in [0.3, 0.4) is 0 Å². The maximum Gasteiger partial charge on any atom is 0.490 e. The Morgan fingerprint density at radius 2 is 1.63 bits per heavy atom. The summed E-state index contributed by atoms with van der Waals surface area (Å²) in [7, 11) is 0. The Bertz CT molecular complexity index is 1020. The minimum atomic E-state index is -5.08. The Kier molecular flexibility index (Phi) is 10.6. The lowest BCUT2D eigenvalue weighted by Gasteiger charge is -2.46. The van der Waals surface area contributed by atoms with Crippen molar-refractivity contribution in [2.75, 3.05) is 26.2 Å². The number of pyridine rings is 1. The van der Waals surface area contributed by atoms with Crippen molar-refractivity contribution in [1.29, 1.82) is 0 Å². The third-order valence-electron chi connectivity index (χ3n) is 5.31. The van der Waals surface area contributed by atoms with E-state index in [1.165, 1.54) is 5.56 Å². The van der Waals surface area contributed by atoms with Gasteiger partial charge in [-0.3, -0.25) is 14.7 Å². The van der Waals surface area contributed by atoms with E-state index in [1.807, 2.05) is 17.2 Å². The fraction of sp³-hybridized carbons (Fsp3) is 0.455. The van der Waals surface area contributed by atoms with Gasteiger partial charge in [0, 0.05) is 38.6 Å². The highest BCUT2D eigenvalue weighted by molar-refractivity contribution is 5.91. The van der Waals surface area contributed by atoms with Crippen molar-refractivity contribution in [2.45, 2.75) is 37.5 Å². The second-order valence-electron chi connectivity index (χ2n) is 7.93. The van der Waals surface area contributed by atoms with Crippen molar-refractivity contribution in [3.63, 3.8) is 0 Å². The standard InChI is InChI=1S/C18H21N3O3.2C2HF3O2/c22-18(17-4-2-9-23-17)21-7-5-16-15(13-21)20(8-10-24-16)12-14-3-1-6-19-11-14;2*3-2(4,5)1(6)7/h1-4,6,9,11,15-16H,5,7-8,10,12-13H2;2*(H,6,7)/t15-,16-;;/m0../s1. The molecule has 38 heavy (non-hydrogen) atoms. The van der Waals surface area contributed by atoms with Crippen molar-refractivity contribution < 1.29 is 60.1 Å². The summed E-state index contributed by atoms with van der Waals surface area (Å²) in [5.41, 5.74) is 1.19. The summed E-state index contributed by atoms with van der Waals surface area (Å²) in [6.45, 7) is 3.83. The van der Waals surface area contributed by atoms with Crippen molar-refractivity contribution in [2.24, 2.45) is 0 Å². The molecule has 0 saturated carbocycles. The molecule has 2 N–H and O–H groups in total. The highest BCUT2D eigenvalue weighted by Crippen LogP contribution is 2.25. The molecule has 2 atom stereocenters. The Morgan fingerprint density at radius 1 is 1.00 bits per heavy atom. The minimum Gasteiger partial charge on any atom is -0.475 e. The van der Waals surface area contributed by atoms with Gasteiger partial charge in [-0.05, 0) is 30.2 Å². The first-order valence-corrected chi connectivity index (χ1v) is 10.9. The number of likely N-dealkylation sites (tertiary alicyclic amines) is 1. The molecule has 0 aromatic carbocycles. The minimum absolute atomic E-state index is 0.0367. The number of carboxylic acid groups (broad SMARTS) is 2. The van der Waals surface area contributed by atoms with Gasteiger partial charge in [0.25, 0.3) is 5.91 Å². The summed E-state index contributed by atoms with van der Waals surface area (Å²) in [4.78, 5) is 38.8. The number of ether oxygens (including phenoxy) is 1. The van der Waals surface area contributed by atoms with Crippen LogP contribution in [0.2, 0.25) is 0 Å². The van der Waals surface area contributed by atoms with Gasteiger partial charge in [-0.25, -0.2) is 9.59 Å². The maximum absolute atomic E-state index is 12.6. The van der Waals surface area contributed by atoms with Gasteiger partial charge in [0.2, 0.25) is 0 Å². The Balaban J connectivity index is 0.000000301. The second kappa shape index (κ2) is 13.2. The van der Waals surface area contributed by atoms with Crippen LogP contribution < -0.4 is 0 Å². The molecular formula is C22H23F6N3O7. The number of hydrogen-bond acceptors (Lipinski definition) is 7. The Morgan fingerprint density at radius 3 is 2.13 bits per heavy atom. The number of aromatic nitrogens is 1. The van der Waals surface area contributed by atoms with Crippen molar-refractivity contribution in [3.8, 4) is 0 Å². The molecular weight excluding hydrogens is 532 g/mol. The van der Waals surface area contributed by atoms with Gasteiger partial charge in [0.15, 0.2) is 5.76 Å². The summed E-state index contributed by atoms with van der Waals surface area (Å²) in [5, 5.41) is 14.2. The SMILES string of the molecule is O=C(O)C(F)(F)F.O=C(O)C(F)(F)F.O=C(c1ccco1)N1CC[C@@H]2OCCN(Cc3cccnc3)[C@H]2C1. The molecule has 4 rings (SSSR count). The quantitative estimate of drug-likeness (QED) is 0.549. The second-order valence-corrected chi connectivity index (χ2v) is 7.93. The summed E-state index contributed by atoms with van der Waals surface area (Å²) in [6.07, 6.45) is -3.88. The lowest BCUT2D eigenvalue weighted by atomic mass is 9.98. The van der Waals surface area contributed by atoms with Crippen LogP contribution in [-0.4, -0.2) is 93.6 Å². The third-order valence-corrected chi connectivity index (χ3v) is 5.31. The van der Waals surface area contributed by atoms with Crippen molar-refractivity contribution in [1.82, 2.24) is 14.8 Å². The summed E-state index contributed by atoms with van der Waals surface area (Å²) in [5.74, 6) is -5.14. The number of alkyl halides is 6. The van der Waals surface area contributed by atoms with Gasteiger partial charge in [-0.2, -0.15) is 26.3 Å². The molecule has 2 aliphatic heterocycles. The Labute approximate surface area is 211 Å². The average Bonchev–Trinajstić information content (AvgIpc) is 3.39. The zero-order chi connectivity index (χ0) is 28.5. The topological polar surface area (TPSA) is 133 Å². The number of carbonyl (C=O) groups is 3. The molecule has 2 fully saturated rings. The van der Waals surface area contributed by atoms with Crippen LogP contribution in [0.1, 0.15) is 22.5 Å². The third kappa shape index (κ3) is 9.33. The number of carbonyl (C=O) groups excluding carboxylic acids is 1. The van der Waals surface area contributed by atoms with E-state index in [4.69, 9.17) is 29.0 Å². The van der Waals surface area contributed by atoms with E-state index < -0.39 is 24.3 Å². The number of piperidine rings is 1. The molecule has 2 aromatic heterocycles. The highest BCUT2D eigenvalue weighted by atomic mass is 19.4. The Hall–Kier alpha value is -3.66. The number of aliphatic carboxylic acids is 2. The summed E-state index contributed by atoms with van der Waals surface area (Å²) < 4.78 is 74.7. The van der Waals surface area contributed by atoms with Crippen molar-refractivity contribution >= 4 is 17.8 Å². The van der Waals surface area contributed by atoms with E-state index in [-0.39, 0.29) is 18.1 Å². The first kappa shape index (κ1) is 30.6. The fourth-order valence-corrected chi connectivity index (χ4v) is 3.61. The van der Waals surface area contributed by atoms with E-state index in [0.29, 0.717) is 18.8 Å². The normalized spacial score (nSPS) is 19.7. The smallest absolute Gasteiger partial charge is 0.475 e. The predicted molar refractivity (Wildman–Crippen MR) is 115 cm³/mol. The van der Waals surface area contributed by atoms with Crippen LogP contribution in [-0.2, 0) is 20.9 Å². The van der Waals surface area contributed by atoms with E-state index in [1.54, 1.807) is 24.6 Å². The molecule has 4 heterocycles. The lowest BCUT2D eigenvalue weighted by Crippen LogP contribution is -2.60. The summed E-state index contributed by atoms with van der Waals surface area (Å²) in [6, 6.07) is 7.73. The summed E-state index contributed by atoms with van der Waals surface area (Å²) >= 11 is 0. The van der Waals surface area contributed by atoms with Gasteiger partial charge in [-0.1, -0.05) is 6.07 Å². The molecule has 16 heteroatoms. The lowest BCUT2D eigenvalue weighted by molar-refractivity contribution is -0.193. The van der Waals surface area contributed by atoms with E-state index in [9.17, 15) is 31.1 Å². The first-order valence-electron chi connectivity index (χ1n) is 10.9. The monoisotopic (exact) mass is 555 g/mol. The van der Waals surface area contributed by atoms with E-state index in [2.05, 4.69) is 16.0 Å². The van der Waals surface area contributed by atoms with Gasteiger partial charge >= 0.3 is 24.3 Å². The predicted octanol–water partition coefficient (Wildman–Crippen LogP) is 3.06.